The van der Waals surface area contributed by atoms with Crippen LogP contribution in [-0.2, 0) is 4.79 Å². The normalized spacial score (nSPS) is 24.4. The zero-order valence-electron chi connectivity index (χ0n) is 11.1. The molecule has 96 valence electrons. The highest BCUT2D eigenvalue weighted by atomic mass is 16.2. The van der Waals surface area contributed by atoms with Gasteiger partial charge in [0.1, 0.15) is 0 Å². The van der Waals surface area contributed by atoms with Crippen molar-refractivity contribution >= 4 is 5.91 Å². The van der Waals surface area contributed by atoms with Crippen LogP contribution in [0.1, 0.15) is 40.0 Å². The summed E-state index contributed by atoms with van der Waals surface area (Å²) in [5.41, 5.74) is 0. The van der Waals surface area contributed by atoms with Gasteiger partial charge >= 0.3 is 0 Å². The molecule has 2 atom stereocenters. The van der Waals surface area contributed by atoms with Crippen LogP contribution < -0.4 is 5.32 Å². The molecule has 0 aliphatic carbocycles. The molecule has 1 aliphatic heterocycles. The molecule has 0 radical (unpaired) electrons. The first kappa shape index (κ1) is 14.0. The van der Waals surface area contributed by atoms with Gasteiger partial charge in [0.2, 0.25) is 5.91 Å². The van der Waals surface area contributed by atoms with Crippen molar-refractivity contribution in [3.8, 4) is 6.07 Å². The third kappa shape index (κ3) is 3.71. The van der Waals surface area contributed by atoms with Crippen LogP contribution in [0, 0.1) is 17.2 Å². The molecule has 2 unspecified atom stereocenters. The number of nitriles is 1. The zero-order valence-corrected chi connectivity index (χ0v) is 11.1. The molecule has 1 amide bonds. The van der Waals surface area contributed by atoms with Crippen LogP contribution in [0.15, 0.2) is 0 Å². The molecule has 1 rings (SSSR count). The minimum Gasteiger partial charge on any atom is -0.338 e. The maximum absolute atomic E-state index is 12.4. The summed E-state index contributed by atoms with van der Waals surface area (Å²) in [6.07, 6.45) is 2.66. The number of hydrogen-bond donors (Lipinski definition) is 1. The van der Waals surface area contributed by atoms with Gasteiger partial charge in [-0.2, -0.15) is 5.26 Å². The van der Waals surface area contributed by atoms with Crippen LogP contribution in [0.5, 0.6) is 0 Å². The minimum absolute atomic E-state index is 0.0650. The lowest BCUT2D eigenvalue weighted by Crippen LogP contribution is -2.54. The molecule has 0 bridgehead atoms. The molecular weight excluding hydrogens is 214 g/mol. The van der Waals surface area contributed by atoms with Crippen molar-refractivity contribution in [1.82, 2.24) is 10.2 Å². The number of piperidine rings is 1. The first-order valence-electron chi connectivity index (χ1n) is 6.48. The molecule has 0 aromatic rings. The summed E-state index contributed by atoms with van der Waals surface area (Å²) >= 11 is 0. The third-order valence-electron chi connectivity index (χ3n) is 3.41. The standard InChI is InChI=1S/C13H23N3O/c1-10(2)16(9-5-7-14)13(17)12-11(3)6-4-8-15-12/h10-12,15H,4-6,8-9H2,1-3H3. The number of carbonyl (C=O) groups excluding carboxylic acids is 1. The van der Waals surface area contributed by atoms with Crippen LogP contribution in [0.4, 0.5) is 0 Å². The maximum Gasteiger partial charge on any atom is 0.240 e. The van der Waals surface area contributed by atoms with E-state index in [4.69, 9.17) is 5.26 Å². The first-order chi connectivity index (χ1) is 8.07. The molecule has 0 spiro atoms. The van der Waals surface area contributed by atoms with Gasteiger partial charge in [-0.25, -0.2) is 0 Å². The molecule has 1 heterocycles. The maximum atomic E-state index is 12.4. The predicted molar refractivity (Wildman–Crippen MR) is 67.3 cm³/mol. The Balaban J connectivity index is 2.66. The van der Waals surface area contributed by atoms with Crippen LogP contribution in [-0.4, -0.2) is 36.0 Å². The summed E-state index contributed by atoms with van der Waals surface area (Å²) in [4.78, 5) is 14.2. The number of nitrogens with zero attached hydrogens (tertiary/aromatic N) is 2. The van der Waals surface area contributed by atoms with Gasteiger partial charge in [0, 0.05) is 12.6 Å². The van der Waals surface area contributed by atoms with Crippen molar-refractivity contribution in [3.63, 3.8) is 0 Å². The fraction of sp³-hybridized carbons (Fsp3) is 0.846. The van der Waals surface area contributed by atoms with E-state index in [1.807, 2.05) is 18.7 Å². The smallest absolute Gasteiger partial charge is 0.240 e. The second kappa shape index (κ2) is 6.61. The van der Waals surface area contributed by atoms with E-state index in [0.29, 0.717) is 18.9 Å². The average Bonchev–Trinajstić information content (AvgIpc) is 2.29. The van der Waals surface area contributed by atoms with E-state index in [2.05, 4.69) is 18.3 Å². The van der Waals surface area contributed by atoms with Crippen molar-refractivity contribution in [1.29, 1.82) is 5.26 Å². The number of rotatable bonds is 4. The number of nitrogens with one attached hydrogen (secondary N) is 1. The van der Waals surface area contributed by atoms with Gasteiger partial charge in [0.15, 0.2) is 0 Å². The van der Waals surface area contributed by atoms with Gasteiger partial charge in [0.05, 0.1) is 18.5 Å². The lowest BCUT2D eigenvalue weighted by atomic mass is 9.91. The molecule has 0 aromatic heterocycles. The molecule has 1 aliphatic rings. The molecule has 0 saturated carbocycles. The molecule has 1 fully saturated rings. The second-order valence-corrected chi connectivity index (χ2v) is 5.08. The van der Waals surface area contributed by atoms with Crippen molar-refractivity contribution in [2.75, 3.05) is 13.1 Å². The van der Waals surface area contributed by atoms with Crippen LogP contribution in [0.3, 0.4) is 0 Å². The van der Waals surface area contributed by atoms with Crippen molar-refractivity contribution in [2.24, 2.45) is 5.92 Å². The van der Waals surface area contributed by atoms with Crippen molar-refractivity contribution in [3.05, 3.63) is 0 Å². The quantitative estimate of drug-likeness (QED) is 0.806. The van der Waals surface area contributed by atoms with E-state index in [-0.39, 0.29) is 18.0 Å². The topological polar surface area (TPSA) is 56.1 Å². The Bertz CT molecular complexity index is 296. The largest absolute Gasteiger partial charge is 0.338 e. The van der Waals surface area contributed by atoms with Gasteiger partial charge in [0.25, 0.3) is 0 Å². The summed E-state index contributed by atoms with van der Waals surface area (Å²) in [5, 5.41) is 11.9. The molecule has 1 saturated heterocycles. The van der Waals surface area contributed by atoms with E-state index >= 15 is 0 Å². The highest BCUT2D eigenvalue weighted by molar-refractivity contribution is 5.82. The van der Waals surface area contributed by atoms with Gasteiger partial charge in [-0.15, -0.1) is 0 Å². The van der Waals surface area contributed by atoms with Gasteiger partial charge < -0.3 is 10.2 Å². The summed E-state index contributed by atoms with van der Waals surface area (Å²) < 4.78 is 0. The number of carbonyl (C=O) groups is 1. The highest BCUT2D eigenvalue weighted by Gasteiger charge is 2.31. The monoisotopic (exact) mass is 237 g/mol. The molecule has 4 heteroatoms. The Morgan fingerprint density at radius 2 is 2.29 bits per heavy atom. The fourth-order valence-electron chi connectivity index (χ4n) is 2.35. The Kier molecular flexibility index (Phi) is 5.43. The zero-order chi connectivity index (χ0) is 12.8. The Morgan fingerprint density at radius 1 is 1.59 bits per heavy atom. The Hall–Kier alpha value is -1.08. The van der Waals surface area contributed by atoms with Gasteiger partial charge in [-0.1, -0.05) is 6.92 Å². The molecule has 17 heavy (non-hydrogen) atoms. The summed E-state index contributed by atoms with van der Waals surface area (Å²) in [6.45, 7) is 7.59. The van der Waals surface area contributed by atoms with Crippen LogP contribution in [0.2, 0.25) is 0 Å². The molecule has 4 nitrogen and oxygen atoms in total. The molecular formula is C13H23N3O. The van der Waals surface area contributed by atoms with Crippen molar-refractivity contribution < 1.29 is 4.79 Å². The SMILES string of the molecule is CC1CCCNC1C(=O)N(CCC#N)C(C)C. The lowest BCUT2D eigenvalue weighted by Gasteiger charge is -2.35. The molecule has 0 aromatic carbocycles. The third-order valence-corrected chi connectivity index (χ3v) is 3.41. The van der Waals surface area contributed by atoms with E-state index in [1.165, 1.54) is 0 Å². The number of amides is 1. The van der Waals surface area contributed by atoms with Gasteiger partial charge in [-0.05, 0) is 39.2 Å². The van der Waals surface area contributed by atoms with E-state index in [9.17, 15) is 4.79 Å². The Labute approximate surface area is 104 Å². The fourth-order valence-corrected chi connectivity index (χ4v) is 2.35. The van der Waals surface area contributed by atoms with Crippen LogP contribution in [0.25, 0.3) is 0 Å². The number of hydrogen-bond acceptors (Lipinski definition) is 3. The lowest BCUT2D eigenvalue weighted by molar-refractivity contribution is -0.137. The van der Waals surface area contributed by atoms with E-state index < -0.39 is 0 Å². The Morgan fingerprint density at radius 3 is 2.82 bits per heavy atom. The average molecular weight is 237 g/mol. The molecule has 1 N–H and O–H groups in total. The summed E-state index contributed by atoms with van der Waals surface area (Å²) in [6, 6.07) is 2.20. The predicted octanol–water partition coefficient (Wildman–Crippen LogP) is 1.53. The van der Waals surface area contributed by atoms with Crippen molar-refractivity contribution in [2.45, 2.75) is 52.1 Å². The van der Waals surface area contributed by atoms with E-state index in [1.54, 1.807) is 0 Å². The second-order valence-electron chi connectivity index (χ2n) is 5.08. The first-order valence-corrected chi connectivity index (χ1v) is 6.48. The van der Waals surface area contributed by atoms with Gasteiger partial charge in [-0.3, -0.25) is 4.79 Å². The highest BCUT2D eigenvalue weighted by Crippen LogP contribution is 2.18. The summed E-state index contributed by atoms with van der Waals surface area (Å²) in [5.74, 6) is 0.544. The van der Waals surface area contributed by atoms with Crippen LogP contribution >= 0.6 is 0 Å². The van der Waals surface area contributed by atoms with E-state index in [0.717, 1.165) is 19.4 Å². The minimum atomic E-state index is -0.0650. The summed E-state index contributed by atoms with van der Waals surface area (Å²) in [7, 11) is 0.